The molecule has 0 unspecified atom stereocenters. The Balaban J connectivity index is 1.66. The molecule has 0 aliphatic carbocycles. The Hall–Kier alpha value is -2.49. The molecule has 9 heteroatoms. The zero-order valence-corrected chi connectivity index (χ0v) is 17.5. The molecule has 0 heterocycles. The Kier molecular flexibility index (Phi) is 8.56. The fraction of sp³-hybridized carbons (Fsp3) is 0.250. The number of sulfonamides is 1. The van der Waals surface area contributed by atoms with Crippen molar-refractivity contribution >= 4 is 31.8 Å². The summed E-state index contributed by atoms with van der Waals surface area (Å²) in [4.78, 5) is 12.0. The second kappa shape index (κ2) is 10.9. The Bertz CT molecular complexity index is 1020. The van der Waals surface area contributed by atoms with Crippen LogP contribution in [0.3, 0.4) is 0 Å². The molecule has 0 atom stereocenters. The van der Waals surface area contributed by atoms with Gasteiger partial charge in [-0.1, -0.05) is 48.5 Å². The monoisotopic (exact) mass is 436 g/mol. The van der Waals surface area contributed by atoms with Crippen molar-refractivity contribution in [3.05, 3.63) is 71.6 Å². The van der Waals surface area contributed by atoms with Gasteiger partial charge in [-0.15, -0.1) is 0 Å². The van der Waals surface area contributed by atoms with Crippen molar-refractivity contribution < 1.29 is 21.6 Å². The Morgan fingerprint density at radius 3 is 2.14 bits per heavy atom. The number of nitrogens with one attached hydrogen (secondary N) is 2. The van der Waals surface area contributed by atoms with E-state index in [1.165, 1.54) is 18.2 Å². The molecule has 0 saturated carbocycles. The van der Waals surface area contributed by atoms with Gasteiger partial charge in [0.15, 0.2) is 9.84 Å². The van der Waals surface area contributed by atoms with Crippen molar-refractivity contribution in [1.29, 1.82) is 0 Å². The minimum atomic E-state index is -3.64. The molecule has 0 radical (unpaired) electrons. The van der Waals surface area contributed by atoms with Crippen LogP contribution in [0.5, 0.6) is 0 Å². The zero-order chi connectivity index (χ0) is 21.2. The number of sulfone groups is 1. The summed E-state index contributed by atoms with van der Waals surface area (Å²) in [5.41, 5.74) is 0.751. The molecule has 0 aromatic heterocycles. The number of hydrogen-bond acceptors (Lipinski definition) is 5. The van der Waals surface area contributed by atoms with Crippen molar-refractivity contribution in [3.8, 4) is 0 Å². The second-order valence-electron chi connectivity index (χ2n) is 6.24. The van der Waals surface area contributed by atoms with Crippen LogP contribution in [0.4, 0.5) is 0 Å². The van der Waals surface area contributed by atoms with Gasteiger partial charge in [-0.2, -0.15) is 0 Å². The number of carbonyl (C=O) groups is 1. The van der Waals surface area contributed by atoms with E-state index in [-0.39, 0.29) is 42.5 Å². The van der Waals surface area contributed by atoms with Gasteiger partial charge in [-0.25, -0.2) is 21.6 Å². The first kappa shape index (κ1) is 22.8. The third kappa shape index (κ3) is 8.59. The second-order valence-corrected chi connectivity index (χ2v) is 10.00. The lowest BCUT2D eigenvalue weighted by Gasteiger charge is -2.07. The molecule has 29 heavy (non-hydrogen) atoms. The van der Waals surface area contributed by atoms with Crippen LogP contribution in [0.1, 0.15) is 18.4 Å². The van der Waals surface area contributed by atoms with Crippen LogP contribution in [-0.2, 0) is 24.7 Å². The molecule has 156 valence electrons. The van der Waals surface area contributed by atoms with E-state index >= 15 is 0 Å². The summed E-state index contributed by atoms with van der Waals surface area (Å²) in [6, 6.07) is 17.1. The molecule has 0 aliphatic heterocycles. The van der Waals surface area contributed by atoms with Crippen LogP contribution >= 0.6 is 0 Å². The van der Waals surface area contributed by atoms with Gasteiger partial charge in [-0.05, 0) is 30.2 Å². The summed E-state index contributed by atoms with van der Waals surface area (Å²) in [6.07, 6.45) is 1.70. The van der Waals surface area contributed by atoms with E-state index in [1.807, 2.05) is 6.07 Å². The van der Waals surface area contributed by atoms with Gasteiger partial charge >= 0.3 is 0 Å². The number of amides is 1. The molecule has 0 aliphatic rings. The quantitative estimate of drug-likeness (QED) is 0.523. The summed E-state index contributed by atoms with van der Waals surface area (Å²) in [6.45, 7) is 0.154. The third-order valence-corrected chi connectivity index (χ3v) is 6.83. The minimum Gasteiger partial charge on any atom is -0.356 e. The highest BCUT2D eigenvalue weighted by atomic mass is 32.2. The fourth-order valence-corrected chi connectivity index (χ4v) is 4.56. The summed E-state index contributed by atoms with van der Waals surface area (Å²) in [7, 11) is -7.01. The normalized spacial score (nSPS) is 12.1. The van der Waals surface area contributed by atoms with E-state index < -0.39 is 19.9 Å². The first-order chi connectivity index (χ1) is 13.8. The van der Waals surface area contributed by atoms with Crippen LogP contribution in [0.15, 0.2) is 71.0 Å². The van der Waals surface area contributed by atoms with Crippen molar-refractivity contribution in [3.63, 3.8) is 0 Å². The maximum Gasteiger partial charge on any atom is 0.233 e. The lowest BCUT2D eigenvalue weighted by Crippen LogP contribution is -2.31. The highest BCUT2D eigenvalue weighted by molar-refractivity contribution is 7.92. The van der Waals surface area contributed by atoms with Crippen molar-refractivity contribution in [2.75, 3.05) is 18.8 Å². The summed E-state index contributed by atoms with van der Waals surface area (Å²) in [5, 5.41) is 3.64. The standard InChI is InChI=1S/C20H24N2O5S2/c23-20(21-14-7-16-28(24,25)19-10-5-2-6-11-19)12-15-22-29(26,27)17-13-18-8-3-1-4-9-18/h1-6,8-11,13,17,22H,7,12,14-16H2,(H,21,23)/b17-13+. The van der Waals surface area contributed by atoms with E-state index in [2.05, 4.69) is 10.0 Å². The van der Waals surface area contributed by atoms with E-state index in [9.17, 15) is 21.6 Å². The van der Waals surface area contributed by atoms with Gasteiger partial charge in [0.05, 0.1) is 10.6 Å². The molecule has 0 saturated heterocycles. The highest BCUT2D eigenvalue weighted by Gasteiger charge is 2.13. The van der Waals surface area contributed by atoms with Crippen molar-refractivity contribution in [1.82, 2.24) is 10.0 Å². The lowest BCUT2D eigenvalue weighted by atomic mass is 10.2. The summed E-state index contributed by atoms with van der Waals surface area (Å²) >= 11 is 0. The maximum absolute atomic E-state index is 12.1. The highest BCUT2D eigenvalue weighted by Crippen LogP contribution is 2.10. The van der Waals surface area contributed by atoms with Crippen molar-refractivity contribution in [2.24, 2.45) is 0 Å². The van der Waals surface area contributed by atoms with E-state index in [0.717, 1.165) is 11.0 Å². The van der Waals surface area contributed by atoms with Crippen molar-refractivity contribution in [2.45, 2.75) is 17.7 Å². The maximum atomic E-state index is 12.1. The van der Waals surface area contributed by atoms with E-state index in [4.69, 9.17) is 0 Å². The van der Waals surface area contributed by atoms with Gasteiger partial charge < -0.3 is 5.32 Å². The lowest BCUT2D eigenvalue weighted by molar-refractivity contribution is -0.120. The van der Waals surface area contributed by atoms with Crippen LogP contribution in [-0.4, -0.2) is 41.6 Å². The largest absolute Gasteiger partial charge is 0.356 e. The van der Waals surface area contributed by atoms with Gasteiger partial charge in [0.25, 0.3) is 0 Å². The average molecular weight is 437 g/mol. The molecule has 0 fully saturated rings. The average Bonchev–Trinajstić information content (AvgIpc) is 2.71. The topological polar surface area (TPSA) is 109 Å². The van der Waals surface area contributed by atoms with Gasteiger partial charge in [0.2, 0.25) is 15.9 Å². The Morgan fingerprint density at radius 2 is 1.48 bits per heavy atom. The molecule has 2 N–H and O–H groups in total. The predicted molar refractivity (Wildman–Crippen MR) is 113 cm³/mol. The number of rotatable bonds is 11. The zero-order valence-electron chi connectivity index (χ0n) is 15.8. The number of benzene rings is 2. The van der Waals surface area contributed by atoms with Crippen LogP contribution in [0.25, 0.3) is 6.08 Å². The van der Waals surface area contributed by atoms with Gasteiger partial charge in [0.1, 0.15) is 0 Å². The van der Waals surface area contributed by atoms with E-state index in [0.29, 0.717) is 0 Å². The molecule has 7 nitrogen and oxygen atoms in total. The first-order valence-corrected chi connectivity index (χ1v) is 12.3. The first-order valence-electron chi connectivity index (χ1n) is 9.06. The SMILES string of the molecule is O=C(CCNS(=O)(=O)/C=C/c1ccccc1)NCCCS(=O)(=O)c1ccccc1. The van der Waals surface area contributed by atoms with Crippen LogP contribution < -0.4 is 10.0 Å². The minimum absolute atomic E-state index is 0.0379. The Morgan fingerprint density at radius 1 is 0.862 bits per heavy atom. The van der Waals surface area contributed by atoms with Crippen LogP contribution in [0, 0.1) is 0 Å². The van der Waals surface area contributed by atoms with E-state index in [1.54, 1.807) is 42.5 Å². The molecule has 2 aromatic carbocycles. The third-order valence-electron chi connectivity index (χ3n) is 3.91. The summed E-state index contributed by atoms with van der Waals surface area (Å²) in [5.74, 6) is -0.425. The summed E-state index contributed by atoms with van der Waals surface area (Å²) < 4.78 is 50.4. The van der Waals surface area contributed by atoms with Crippen LogP contribution in [0.2, 0.25) is 0 Å². The molecule has 0 spiro atoms. The molecule has 0 bridgehead atoms. The molecular weight excluding hydrogens is 412 g/mol. The molecular formula is C20H24N2O5S2. The molecule has 1 amide bonds. The van der Waals surface area contributed by atoms with Gasteiger partial charge in [0, 0.05) is 24.9 Å². The smallest absolute Gasteiger partial charge is 0.233 e. The molecule has 2 rings (SSSR count). The van der Waals surface area contributed by atoms with Gasteiger partial charge in [-0.3, -0.25) is 4.79 Å². The Labute approximate surface area is 171 Å². The number of carbonyl (C=O) groups excluding carboxylic acids is 1. The number of hydrogen-bond donors (Lipinski definition) is 2. The fourth-order valence-electron chi connectivity index (χ4n) is 2.41. The predicted octanol–water partition coefficient (Wildman–Crippen LogP) is 1.95. The molecule has 2 aromatic rings.